The van der Waals surface area contributed by atoms with E-state index in [9.17, 15) is 13.2 Å². The molecule has 84 valence electrons. The van der Waals surface area contributed by atoms with Crippen molar-refractivity contribution >= 4 is 15.9 Å². The molecular formula is C8H13BrF3NO. The van der Waals surface area contributed by atoms with Crippen molar-refractivity contribution in [2.75, 3.05) is 25.1 Å². The van der Waals surface area contributed by atoms with Crippen LogP contribution in [0.3, 0.4) is 0 Å². The topological polar surface area (TPSA) is 12.5 Å². The molecule has 1 saturated heterocycles. The van der Waals surface area contributed by atoms with E-state index in [1.165, 1.54) is 0 Å². The van der Waals surface area contributed by atoms with E-state index in [0.29, 0.717) is 29.7 Å². The molecule has 0 bridgehead atoms. The van der Waals surface area contributed by atoms with Crippen LogP contribution in [0.25, 0.3) is 0 Å². The summed E-state index contributed by atoms with van der Waals surface area (Å²) in [7, 11) is 0. The van der Waals surface area contributed by atoms with Gasteiger partial charge in [0.25, 0.3) is 0 Å². The van der Waals surface area contributed by atoms with Crippen molar-refractivity contribution < 1.29 is 17.9 Å². The molecule has 0 N–H and O–H groups in total. The Morgan fingerprint density at radius 2 is 2.14 bits per heavy atom. The SMILES string of the molecule is FC(F)(F)N1CCC[C@H]1COCCBr. The minimum absolute atomic E-state index is 0.103. The molecule has 0 aromatic rings. The van der Waals surface area contributed by atoms with E-state index < -0.39 is 12.3 Å². The number of halogens is 4. The Hall–Kier alpha value is 0.190. The van der Waals surface area contributed by atoms with Gasteiger partial charge in [-0.15, -0.1) is 0 Å². The monoisotopic (exact) mass is 275 g/mol. The van der Waals surface area contributed by atoms with Crippen molar-refractivity contribution in [2.24, 2.45) is 0 Å². The molecule has 0 radical (unpaired) electrons. The van der Waals surface area contributed by atoms with E-state index in [2.05, 4.69) is 15.9 Å². The zero-order valence-corrected chi connectivity index (χ0v) is 9.27. The largest absolute Gasteiger partial charge is 0.460 e. The van der Waals surface area contributed by atoms with E-state index in [0.717, 1.165) is 0 Å². The van der Waals surface area contributed by atoms with Crippen LogP contribution in [0, 0.1) is 0 Å². The molecule has 14 heavy (non-hydrogen) atoms. The summed E-state index contributed by atoms with van der Waals surface area (Å²) >= 11 is 3.15. The van der Waals surface area contributed by atoms with Gasteiger partial charge in [0.05, 0.1) is 13.2 Å². The molecule has 1 fully saturated rings. The lowest BCUT2D eigenvalue weighted by Crippen LogP contribution is -2.43. The Balaban J connectivity index is 2.36. The van der Waals surface area contributed by atoms with Crippen LogP contribution >= 0.6 is 15.9 Å². The fraction of sp³-hybridized carbons (Fsp3) is 1.00. The number of alkyl halides is 4. The van der Waals surface area contributed by atoms with Crippen LogP contribution < -0.4 is 0 Å². The smallest absolute Gasteiger partial charge is 0.379 e. The second-order valence-corrected chi connectivity index (χ2v) is 4.01. The van der Waals surface area contributed by atoms with E-state index >= 15 is 0 Å². The highest BCUT2D eigenvalue weighted by atomic mass is 79.9. The zero-order chi connectivity index (χ0) is 10.6. The van der Waals surface area contributed by atoms with Gasteiger partial charge in [0.15, 0.2) is 0 Å². The summed E-state index contributed by atoms with van der Waals surface area (Å²) in [6.07, 6.45) is -3.04. The third kappa shape index (κ3) is 3.40. The van der Waals surface area contributed by atoms with Gasteiger partial charge in [0.1, 0.15) is 0 Å². The predicted octanol–water partition coefficient (Wildman–Crippen LogP) is 2.38. The molecule has 0 spiro atoms. The third-order valence-corrected chi connectivity index (χ3v) is 2.56. The van der Waals surface area contributed by atoms with Crippen LogP contribution in [0.1, 0.15) is 12.8 Å². The Morgan fingerprint density at radius 3 is 2.71 bits per heavy atom. The predicted molar refractivity (Wildman–Crippen MR) is 50.4 cm³/mol. The van der Waals surface area contributed by atoms with Crippen LogP contribution in [0.4, 0.5) is 13.2 Å². The minimum atomic E-state index is -4.21. The Morgan fingerprint density at radius 1 is 1.43 bits per heavy atom. The van der Waals surface area contributed by atoms with Crippen LogP contribution in [0.15, 0.2) is 0 Å². The van der Waals surface area contributed by atoms with Gasteiger partial charge >= 0.3 is 6.30 Å². The van der Waals surface area contributed by atoms with E-state index in [1.54, 1.807) is 0 Å². The number of hydrogen-bond acceptors (Lipinski definition) is 2. The first kappa shape index (κ1) is 12.3. The van der Waals surface area contributed by atoms with Gasteiger partial charge < -0.3 is 4.74 Å². The summed E-state index contributed by atoms with van der Waals surface area (Å²) in [6.45, 7) is 0.735. The van der Waals surface area contributed by atoms with Crippen molar-refractivity contribution in [1.82, 2.24) is 4.90 Å². The molecule has 1 aliphatic heterocycles. The number of ether oxygens (including phenoxy) is 1. The Bertz CT molecular complexity index is 176. The maximum atomic E-state index is 12.4. The molecular weight excluding hydrogens is 263 g/mol. The van der Waals surface area contributed by atoms with Crippen molar-refractivity contribution in [3.8, 4) is 0 Å². The lowest BCUT2D eigenvalue weighted by molar-refractivity contribution is -0.253. The molecule has 1 aliphatic rings. The quantitative estimate of drug-likeness (QED) is 0.444. The normalized spacial score (nSPS) is 24.4. The van der Waals surface area contributed by atoms with Crippen molar-refractivity contribution in [2.45, 2.75) is 25.2 Å². The third-order valence-electron chi connectivity index (χ3n) is 2.23. The Labute approximate surface area is 89.5 Å². The second kappa shape index (κ2) is 5.32. The van der Waals surface area contributed by atoms with Crippen LogP contribution in [0.5, 0.6) is 0 Å². The first-order valence-electron chi connectivity index (χ1n) is 4.53. The lowest BCUT2D eigenvalue weighted by atomic mass is 10.2. The van der Waals surface area contributed by atoms with Gasteiger partial charge in [-0.05, 0) is 12.8 Å². The van der Waals surface area contributed by atoms with Crippen LogP contribution in [0.2, 0.25) is 0 Å². The number of nitrogens with zero attached hydrogens (tertiary/aromatic N) is 1. The first-order valence-corrected chi connectivity index (χ1v) is 5.65. The van der Waals surface area contributed by atoms with Crippen molar-refractivity contribution in [3.63, 3.8) is 0 Å². The average molecular weight is 276 g/mol. The summed E-state index contributed by atoms with van der Waals surface area (Å²) in [5, 5.41) is 0.658. The summed E-state index contributed by atoms with van der Waals surface area (Å²) in [5.74, 6) is 0. The average Bonchev–Trinajstić information content (AvgIpc) is 2.52. The summed E-state index contributed by atoms with van der Waals surface area (Å²) in [4.78, 5) is 0.571. The maximum absolute atomic E-state index is 12.4. The van der Waals surface area contributed by atoms with E-state index in [1.807, 2.05) is 0 Å². The molecule has 0 aliphatic carbocycles. The molecule has 1 atom stereocenters. The molecule has 0 aromatic carbocycles. The van der Waals surface area contributed by atoms with Gasteiger partial charge in [0, 0.05) is 17.9 Å². The zero-order valence-electron chi connectivity index (χ0n) is 7.69. The number of likely N-dealkylation sites (tertiary alicyclic amines) is 1. The molecule has 1 rings (SSSR count). The summed E-state index contributed by atoms with van der Waals surface area (Å²) < 4.78 is 42.2. The van der Waals surface area contributed by atoms with E-state index in [4.69, 9.17) is 4.74 Å². The molecule has 0 unspecified atom stereocenters. The molecule has 0 aromatic heterocycles. The summed E-state index contributed by atoms with van der Waals surface area (Å²) in [6, 6.07) is -0.492. The highest BCUT2D eigenvalue weighted by molar-refractivity contribution is 9.09. The molecule has 0 saturated carbocycles. The second-order valence-electron chi connectivity index (χ2n) is 3.22. The number of rotatable bonds is 4. The molecule has 6 heteroatoms. The van der Waals surface area contributed by atoms with Gasteiger partial charge in [-0.1, -0.05) is 15.9 Å². The minimum Gasteiger partial charge on any atom is -0.379 e. The maximum Gasteiger partial charge on any atom is 0.460 e. The van der Waals surface area contributed by atoms with Gasteiger partial charge in [0.2, 0.25) is 0 Å². The summed E-state index contributed by atoms with van der Waals surface area (Å²) in [5.41, 5.74) is 0. The van der Waals surface area contributed by atoms with Crippen LogP contribution in [-0.2, 0) is 4.74 Å². The van der Waals surface area contributed by atoms with Gasteiger partial charge in [-0.25, -0.2) is 4.90 Å². The highest BCUT2D eigenvalue weighted by Crippen LogP contribution is 2.30. The highest BCUT2D eigenvalue weighted by Gasteiger charge is 2.44. The fourth-order valence-electron chi connectivity index (χ4n) is 1.62. The van der Waals surface area contributed by atoms with Gasteiger partial charge in [-0.3, -0.25) is 0 Å². The lowest BCUT2D eigenvalue weighted by Gasteiger charge is -2.26. The van der Waals surface area contributed by atoms with Crippen molar-refractivity contribution in [1.29, 1.82) is 0 Å². The van der Waals surface area contributed by atoms with Crippen molar-refractivity contribution in [3.05, 3.63) is 0 Å². The molecule has 0 amide bonds. The van der Waals surface area contributed by atoms with Crippen LogP contribution in [-0.4, -0.2) is 42.3 Å². The van der Waals surface area contributed by atoms with Gasteiger partial charge in [-0.2, -0.15) is 13.2 Å². The Kier molecular flexibility index (Phi) is 4.66. The fourth-order valence-corrected chi connectivity index (χ4v) is 1.85. The molecule has 1 heterocycles. The molecule has 2 nitrogen and oxygen atoms in total. The van der Waals surface area contributed by atoms with E-state index in [-0.39, 0.29) is 13.2 Å². The standard InChI is InChI=1S/C8H13BrF3NO/c9-3-5-14-6-7-2-1-4-13(7)8(10,11)12/h7H,1-6H2/t7-/m0/s1. The number of hydrogen-bond donors (Lipinski definition) is 0. The first-order chi connectivity index (χ1) is 6.55.